The highest BCUT2D eigenvalue weighted by molar-refractivity contribution is 5.81. The minimum absolute atomic E-state index is 0.0344. The molecule has 1 aliphatic rings. The molecule has 1 amide bonds. The number of carbonyl (C=O) groups excluding carboxylic acids is 1. The zero-order valence-electron chi connectivity index (χ0n) is 10.9. The summed E-state index contributed by atoms with van der Waals surface area (Å²) in [5.74, 6) is 5.34. The summed E-state index contributed by atoms with van der Waals surface area (Å²) in [6, 6.07) is 3.39. The highest BCUT2D eigenvalue weighted by Gasteiger charge is 2.28. The maximum Gasteiger partial charge on any atom is 0.239 e. The van der Waals surface area contributed by atoms with Crippen molar-refractivity contribution in [2.24, 2.45) is 5.84 Å². The lowest BCUT2D eigenvalue weighted by Gasteiger charge is -2.33. The van der Waals surface area contributed by atoms with Crippen molar-refractivity contribution in [3.63, 3.8) is 0 Å². The minimum Gasteiger partial charge on any atom is -0.378 e. The van der Waals surface area contributed by atoms with E-state index in [-0.39, 0.29) is 11.9 Å². The van der Waals surface area contributed by atoms with Gasteiger partial charge < -0.3 is 15.5 Å². The summed E-state index contributed by atoms with van der Waals surface area (Å²) in [6.07, 6.45) is 1.69. The Balaban J connectivity index is 2.08. The second kappa shape index (κ2) is 6.46. The number of carbonyl (C=O) groups is 1. The summed E-state index contributed by atoms with van der Waals surface area (Å²) >= 11 is 0. The predicted molar refractivity (Wildman–Crippen MR) is 71.1 cm³/mol. The van der Waals surface area contributed by atoms with Crippen molar-refractivity contribution in [3.05, 3.63) is 24.0 Å². The van der Waals surface area contributed by atoms with E-state index in [9.17, 15) is 4.79 Å². The molecule has 0 bridgehead atoms. The fourth-order valence-corrected chi connectivity index (χ4v) is 2.10. The standard InChI is InChI=1S/C12H19N5O2/c1-14-12(18)11-8-19-5-4-17(11)7-10-6-9(16-13)2-3-15-10/h2-3,6,11H,4-5,7-8,13H2,1H3,(H,14,18)(H,15,16). The van der Waals surface area contributed by atoms with Crippen molar-refractivity contribution >= 4 is 11.6 Å². The summed E-state index contributed by atoms with van der Waals surface area (Å²) in [5, 5.41) is 2.66. The second-order valence-electron chi connectivity index (χ2n) is 4.36. The number of nitrogen functional groups attached to an aromatic ring is 1. The highest BCUT2D eigenvalue weighted by Crippen LogP contribution is 2.13. The molecule has 0 aliphatic carbocycles. The topological polar surface area (TPSA) is 92.5 Å². The van der Waals surface area contributed by atoms with E-state index < -0.39 is 0 Å². The SMILES string of the molecule is CNC(=O)C1COCCN1Cc1cc(NN)ccn1. The van der Waals surface area contributed by atoms with Crippen molar-refractivity contribution < 1.29 is 9.53 Å². The molecule has 7 heteroatoms. The maximum absolute atomic E-state index is 11.8. The average molecular weight is 265 g/mol. The number of morpholine rings is 1. The Bertz CT molecular complexity index is 440. The number of anilines is 1. The molecule has 2 rings (SSSR count). The number of hydrogen-bond donors (Lipinski definition) is 3. The van der Waals surface area contributed by atoms with Gasteiger partial charge in [-0.1, -0.05) is 0 Å². The molecule has 0 radical (unpaired) electrons. The number of nitrogens with two attached hydrogens (primary N) is 1. The molecule has 19 heavy (non-hydrogen) atoms. The molecule has 1 fully saturated rings. The Kier molecular flexibility index (Phi) is 4.67. The molecular weight excluding hydrogens is 246 g/mol. The minimum atomic E-state index is -0.268. The number of nitrogens with one attached hydrogen (secondary N) is 2. The number of likely N-dealkylation sites (N-methyl/N-ethyl adjacent to an activating group) is 1. The van der Waals surface area contributed by atoms with Gasteiger partial charge in [-0.3, -0.25) is 20.5 Å². The van der Waals surface area contributed by atoms with Gasteiger partial charge in [0.1, 0.15) is 6.04 Å². The molecule has 1 aliphatic heterocycles. The van der Waals surface area contributed by atoms with Crippen LogP contribution in [0, 0.1) is 0 Å². The van der Waals surface area contributed by atoms with Crippen LogP contribution >= 0.6 is 0 Å². The van der Waals surface area contributed by atoms with Gasteiger partial charge in [0.05, 0.1) is 24.6 Å². The summed E-state index contributed by atoms with van der Waals surface area (Å²) < 4.78 is 5.36. The van der Waals surface area contributed by atoms with Gasteiger partial charge in [0, 0.05) is 26.3 Å². The van der Waals surface area contributed by atoms with Crippen LogP contribution in [0.3, 0.4) is 0 Å². The summed E-state index contributed by atoms with van der Waals surface area (Å²) in [7, 11) is 1.63. The molecule has 2 heterocycles. The Morgan fingerprint density at radius 1 is 1.68 bits per heavy atom. The zero-order valence-corrected chi connectivity index (χ0v) is 10.9. The van der Waals surface area contributed by atoms with E-state index in [4.69, 9.17) is 10.6 Å². The van der Waals surface area contributed by atoms with Crippen LogP contribution in [0.2, 0.25) is 0 Å². The number of hydrazine groups is 1. The highest BCUT2D eigenvalue weighted by atomic mass is 16.5. The van der Waals surface area contributed by atoms with Crippen molar-refractivity contribution in [2.75, 3.05) is 32.2 Å². The number of rotatable bonds is 4. The van der Waals surface area contributed by atoms with E-state index in [1.807, 2.05) is 6.07 Å². The van der Waals surface area contributed by atoms with Crippen molar-refractivity contribution in [2.45, 2.75) is 12.6 Å². The predicted octanol–water partition coefficient (Wildman–Crippen LogP) is -0.686. The molecule has 1 atom stereocenters. The van der Waals surface area contributed by atoms with E-state index in [1.165, 1.54) is 0 Å². The Morgan fingerprint density at radius 2 is 2.53 bits per heavy atom. The molecule has 1 aromatic rings. The van der Waals surface area contributed by atoms with E-state index in [0.29, 0.717) is 26.3 Å². The summed E-state index contributed by atoms with van der Waals surface area (Å²) in [4.78, 5) is 18.2. The molecule has 1 aromatic heterocycles. The lowest BCUT2D eigenvalue weighted by Crippen LogP contribution is -2.52. The normalized spacial score (nSPS) is 20.0. The summed E-state index contributed by atoms with van der Waals surface area (Å²) in [6.45, 7) is 2.34. The van der Waals surface area contributed by atoms with Crippen LogP contribution in [0.4, 0.5) is 5.69 Å². The monoisotopic (exact) mass is 265 g/mol. The molecule has 4 N–H and O–H groups in total. The number of ether oxygens (including phenoxy) is 1. The van der Waals surface area contributed by atoms with Crippen LogP contribution in [0.1, 0.15) is 5.69 Å². The van der Waals surface area contributed by atoms with Crippen LogP contribution in [0.15, 0.2) is 18.3 Å². The van der Waals surface area contributed by atoms with E-state index in [1.54, 1.807) is 19.3 Å². The zero-order chi connectivity index (χ0) is 13.7. The summed E-state index contributed by atoms with van der Waals surface area (Å²) in [5.41, 5.74) is 4.25. The third-order valence-corrected chi connectivity index (χ3v) is 3.14. The number of nitrogens with zero attached hydrogens (tertiary/aromatic N) is 2. The largest absolute Gasteiger partial charge is 0.378 e. The second-order valence-corrected chi connectivity index (χ2v) is 4.36. The Labute approximate surface area is 112 Å². The van der Waals surface area contributed by atoms with E-state index >= 15 is 0 Å². The first-order valence-electron chi connectivity index (χ1n) is 6.19. The van der Waals surface area contributed by atoms with Crippen molar-refractivity contribution in [3.8, 4) is 0 Å². The van der Waals surface area contributed by atoms with Crippen molar-refractivity contribution in [1.29, 1.82) is 0 Å². The van der Waals surface area contributed by atoms with Crippen molar-refractivity contribution in [1.82, 2.24) is 15.2 Å². The third kappa shape index (κ3) is 3.40. The van der Waals surface area contributed by atoms with E-state index in [2.05, 4.69) is 20.6 Å². The molecular formula is C12H19N5O2. The Hall–Kier alpha value is -1.70. The molecule has 1 unspecified atom stereocenters. The van der Waals surface area contributed by atoms with Crippen LogP contribution < -0.4 is 16.6 Å². The first kappa shape index (κ1) is 13.7. The van der Waals surface area contributed by atoms with Crippen LogP contribution in [0.25, 0.3) is 0 Å². The van der Waals surface area contributed by atoms with Gasteiger partial charge >= 0.3 is 0 Å². The van der Waals surface area contributed by atoms with Gasteiger partial charge in [0.25, 0.3) is 0 Å². The number of pyridine rings is 1. The fourth-order valence-electron chi connectivity index (χ4n) is 2.10. The third-order valence-electron chi connectivity index (χ3n) is 3.14. The van der Waals surface area contributed by atoms with Gasteiger partial charge in [0.15, 0.2) is 0 Å². The quantitative estimate of drug-likeness (QED) is 0.493. The molecule has 7 nitrogen and oxygen atoms in total. The number of aromatic nitrogens is 1. The van der Waals surface area contributed by atoms with Gasteiger partial charge in [-0.25, -0.2) is 0 Å². The van der Waals surface area contributed by atoms with Gasteiger partial charge in [0.2, 0.25) is 5.91 Å². The smallest absolute Gasteiger partial charge is 0.239 e. The van der Waals surface area contributed by atoms with Crippen LogP contribution in [-0.2, 0) is 16.1 Å². The van der Waals surface area contributed by atoms with Crippen LogP contribution in [-0.4, -0.2) is 48.6 Å². The number of amides is 1. The molecule has 0 aromatic carbocycles. The lowest BCUT2D eigenvalue weighted by atomic mass is 10.2. The number of hydrogen-bond acceptors (Lipinski definition) is 6. The van der Waals surface area contributed by atoms with E-state index in [0.717, 1.165) is 11.4 Å². The fraction of sp³-hybridized carbons (Fsp3) is 0.500. The van der Waals surface area contributed by atoms with Gasteiger partial charge in [-0.2, -0.15) is 0 Å². The van der Waals surface area contributed by atoms with Gasteiger partial charge in [-0.15, -0.1) is 0 Å². The lowest BCUT2D eigenvalue weighted by molar-refractivity contribution is -0.132. The molecule has 104 valence electrons. The maximum atomic E-state index is 11.8. The first-order valence-corrected chi connectivity index (χ1v) is 6.19. The molecule has 0 spiro atoms. The Morgan fingerprint density at radius 3 is 3.26 bits per heavy atom. The van der Waals surface area contributed by atoms with Crippen LogP contribution in [0.5, 0.6) is 0 Å². The first-order chi connectivity index (χ1) is 9.24. The molecule has 0 saturated carbocycles. The van der Waals surface area contributed by atoms with Gasteiger partial charge in [-0.05, 0) is 12.1 Å². The average Bonchev–Trinajstić information content (AvgIpc) is 2.47. The molecule has 1 saturated heterocycles.